The summed E-state index contributed by atoms with van der Waals surface area (Å²) in [5.74, 6) is 0. The lowest BCUT2D eigenvalue weighted by atomic mass is 10.0. The smallest absolute Gasteiger partial charge is 0.407 e. The number of carbonyl (C=O) groups is 2. The zero-order valence-electron chi connectivity index (χ0n) is 19.9. The van der Waals surface area contributed by atoms with E-state index < -0.39 is 17.7 Å². The van der Waals surface area contributed by atoms with Gasteiger partial charge < -0.3 is 20.7 Å². The Hall–Kier alpha value is -3.06. The van der Waals surface area contributed by atoms with Crippen molar-refractivity contribution < 1.29 is 14.3 Å². The lowest BCUT2D eigenvalue weighted by Gasteiger charge is -2.38. The van der Waals surface area contributed by atoms with E-state index in [0.29, 0.717) is 13.1 Å². The summed E-state index contributed by atoms with van der Waals surface area (Å²) < 4.78 is 5.29. The van der Waals surface area contributed by atoms with Crippen LogP contribution in [0, 0.1) is 0 Å². The fraction of sp³-hybridized carbons (Fsp3) is 0.462. The third-order valence-electron chi connectivity index (χ3n) is 5.71. The Balaban J connectivity index is 1.54. The largest absolute Gasteiger partial charge is 0.444 e. The molecule has 0 spiro atoms. The van der Waals surface area contributed by atoms with Gasteiger partial charge in [0, 0.05) is 38.8 Å². The molecule has 0 aliphatic carbocycles. The van der Waals surface area contributed by atoms with Crippen molar-refractivity contribution in [2.75, 3.05) is 13.1 Å². The van der Waals surface area contributed by atoms with Gasteiger partial charge in [-0.05, 0) is 50.3 Å². The molecular formula is C26H36N4O3. The first kappa shape index (κ1) is 24.6. The molecule has 1 fully saturated rings. The van der Waals surface area contributed by atoms with Crippen molar-refractivity contribution in [1.29, 1.82) is 0 Å². The number of nitrogens with zero attached hydrogens (tertiary/aromatic N) is 2. The molecular weight excluding hydrogens is 416 g/mol. The van der Waals surface area contributed by atoms with Crippen molar-refractivity contribution in [2.24, 2.45) is 5.73 Å². The van der Waals surface area contributed by atoms with Crippen molar-refractivity contribution in [1.82, 2.24) is 15.1 Å². The zero-order chi connectivity index (χ0) is 23.8. The number of benzene rings is 2. The van der Waals surface area contributed by atoms with Crippen LogP contribution in [0.2, 0.25) is 0 Å². The van der Waals surface area contributed by atoms with E-state index >= 15 is 0 Å². The minimum atomic E-state index is -0.537. The number of hydrogen-bond donors (Lipinski definition) is 2. The van der Waals surface area contributed by atoms with E-state index in [1.165, 1.54) is 5.56 Å². The summed E-state index contributed by atoms with van der Waals surface area (Å²) in [6, 6.07) is 18.0. The first-order valence-electron chi connectivity index (χ1n) is 11.6. The second-order valence-electron chi connectivity index (χ2n) is 9.63. The molecule has 2 aromatic carbocycles. The molecule has 3 amide bonds. The molecule has 1 aliphatic heterocycles. The van der Waals surface area contributed by atoms with Crippen molar-refractivity contribution in [2.45, 2.75) is 64.9 Å². The lowest BCUT2D eigenvalue weighted by Crippen LogP contribution is -2.48. The number of primary amides is 1. The van der Waals surface area contributed by atoms with Crippen LogP contribution in [-0.2, 0) is 24.4 Å². The van der Waals surface area contributed by atoms with Crippen molar-refractivity contribution in [3.8, 4) is 0 Å². The van der Waals surface area contributed by atoms with E-state index in [1.807, 2.05) is 51.1 Å². The summed E-state index contributed by atoms with van der Waals surface area (Å²) in [4.78, 5) is 28.4. The number of likely N-dealkylation sites (tertiary alicyclic amines) is 1. The molecule has 0 atom stereocenters. The molecule has 0 unspecified atom stereocenters. The number of alkyl carbamates (subject to hydrolysis) is 1. The number of nitrogens with one attached hydrogen (secondary N) is 1. The van der Waals surface area contributed by atoms with Crippen LogP contribution in [0.25, 0.3) is 0 Å². The quantitative estimate of drug-likeness (QED) is 0.657. The Morgan fingerprint density at radius 1 is 1.03 bits per heavy atom. The first-order chi connectivity index (χ1) is 15.7. The number of nitrogens with two attached hydrogens (primary N) is 1. The minimum Gasteiger partial charge on any atom is -0.444 e. The molecule has 1 aliphatic rings. The highest BCUT2D eigenvalue weighted by atomic mass is 16.6. The van der Waals surface area contributed by atoms with E-state index in [9.17, 15) is 9.59 Å². The van der Waals surface area contributed by atoms with E-state index in [4.69, 9.17) is 10.5 Å². The Labute approximate surface area is 196 Å². The van der Waals surface area contributed by atoms with Crippen LogP contribution in [0.1, 0.15) is 50.3 Å². The summed E-state index contributed by atoms with van der Waals surface area (Å²) >= 11 is 0. The summed E-state index contributed by atoms with van der Waals surface area (Å²) in [7, 11) is 0. The van der Waals surface area contributed by atoms with E-state index in [1.54, 1.807) is 4.90 Å². The normalized spacial score (nSPS) is 15.1. The summed E-state index contributed by atoms with van der Waals surface area (Å²) in [5, 5.41) is 2.78. The van der Waals surface area contributed by atoms with Gasteiger partial charge >= 0.3 is 12.1 Å². The van der Waals surface area contributed by atoms with Crippen LogP contribution in [0.4, 0.5) is 9.59 Å². The molecule has 7 nitrogen and oxygen atoms in total. The van der Waals surface area contributed by atoms with E-state index in [-0.39, 0.29) is 6.04 Å². The lowest BCUT2D eigenvalue weighted by molar-refractivity contribution is 0.0523. The third kappa shape index (κ3) is 8.09. The van der Waals surface area contributed by atoms with Gasteiger partial charge in [-0.2, -0.15) is 0 Å². The van der Waals surface area contributed by atoms with E-state index in [2.05, 4.69) is 34.5 Å². The molecule has 0 saturated carbocycles. The molecule has 178 valence electrons. The maximum Gasteiger partial charge on any atom is 0.407 e. The summed E-state index contributed by atoms with van der Waals surface area (Å²) in [6.07, 6.45) is 1.35. The van der Waals surface area contributed by atoms with Crippen LogP contribution in [0.3, 0.4) is 0 Å². The predicted molar refractivity (Wildman–Crippen MR) is 129 cm³/mol. The van der Waals surface area contributed by atoms with Gasteiger partial charge in [-0.3, -0.25) is 4.90 Å². The number of rotatable bonds is 7. The number of piperidine rings is 1. The van der Waals surface area contributed by atoms with Crippen molar-refractivity contribution >= 4 is 12.1 Å². The molecule has 1 heterocycles. The molecule has 3 rings (SSSR count). The second-order valence-corrected chi connectivity index (χ2v) is 9.63. The zero-order valence-corrected chi connectivity index (χ0v) is 19.9. The highest BCUT2D eigenvalue weighted by molar-refractivity contribution is 5.72. The van der Waals surface area contributed by atoms with Crippen LogP contribution in [0.5, 0.6) is 0 Å². The van der Waals surface area contributed by atoms with Gasteiger partial charge in [0.25, 0.3) is 0 Å². The van der Waals surface area contributed by atoms with Gasteiger partial charge in [-0.15, -0.1) is 0 Å². The minimum absolute atomic E-state index is 0.123. The van der Waals surface area contributed by atoms with Gasteiger partial charge in [0.05, 0.1) is 0 Å². The topological polar surface area (TPSA) is 87.9 Å². The molecule has 0 radical (unpaired) electrons. The van der Waals surface area contributed by atoms with Crippen LogP contribution >= 0.6 is 0 Å². The number of ether oxygens (including phenoxy) is 1. The Kier molecular flexibility index (Phi) is 8.33. The maximum absolute atomic E-state index is 12.3. The average molecular weight is 453 g/mol. The number of carbonyl (C=O) groups excluding carboxylic acids is 2. The fourth-order valence-corrected chi connectivity index (χ4v) is 4.14. The number of urea groups is 1. The fourth-order valence-electron chi connectivity index (χ4n) is 4.14. The standard InChI is InChI=1S/C26H36N4O3/c1-26(2,3)33-25(32)28-17-21-10-7-11-22(16-21)19-30(24(27)31)23-12-14-29(15-13-23)18-20-8-5-4-6-9-20/h4-11,16,23H,12-15,17-19H2,1-3H3,(H2,27,31)(H,28,32). The van der Waals surface area contributed by atoms with Gasteiger partial charge in [0.15, 0.2) is 0 Å². The highest BCUT2D eigenvalue weighted by Gasteiger charge is 2.27. The molecule has 7 heteroatoms. The van der Waals surface area contributed by atoms with Crippen LogP contribution < -0.4 is 11.1 Å². The van der Waals surface area contributed by atoms with Crippen LogP contribution in [0.15, 0.2) is 54.6 Å². The number of amides is 3. The van der Waals surface area contributed by atoms with Gasteiger partial charge in [0.2, 0.25) is 0 Å². The molecule has 2 aromatic rings. The average Bonchev–Trinajstić information content (AvgIpc) is 2.76. The summed E-state index contributed by atoms with van der Waals surface area (Å²) in [5.41, 5.74) is 8.47. The molecule has 1 saturated heterocycles. The predicted octanol–water partition coefficient (Wildman–Crippen LogP) is 4.26. The van der Waals surface area contributed by atoms with Crippen molar-refractivity contribution in [3.05, 3.63) is 71.3 Å². The third-order valence-corrected chi connectivity index (χ3v) is 5.71. The molecule has 33 heavy (non-hydrogen) atoms. The maximum atomic E-state index is 12.3. The second kappa shape index (κ2) is 11.2. The van der Waals surface area contributed by atoms with Crippen molar-refractivity contribution in [3.63, 3.8) is 0 Å². The molecule has 3 N–H and O–H groups in total. The Morgan fingerprint density at radius 2 is 1.67 bits per heavy atom. The Bertz CT molecular complexity index is 919. The Morgan fingerprint density at radius 3 is 2.30 bits per heavy atom. The SMILES string of the molecule is CC(C)(C)OC(=O)NCc1cccc(CN(C(N)=O)C2CCN(Cc3ccccc3)CC2)c1. The summed E-state index contributed by atoms with van der Waals surface area (Å²) in [6.45, 7) is 9.10. The van der Waals surface area contributed by atoms with Gasteiger partial charge in [0.1, 0.15) is 5.60 Å². The van der Waals surface area contributed by atoms with Crippen LogP contribution in [-0.4, -0.2) is 46.7 Å². The first-order valence-corrected chi connectivity index (χ1v) is 11.6. The van der Waals surface area contributed by atoms with Gasteiger partial charge in [-0.1, -0.05) is 54.6 Å². The number of hydrogen-bond acceptors (Lipinski definition) is 4. The molecule has 0 aromatic heterocycles. The van der Waals surface area contributed by atoms with Gasteiger partial charge in [-0.25, -0.2) is 9.59 Å². The highest BCUT2D eigenvalue weighted by Crippen LogP contribution is 2.21. The molecule has 0 bridgehead atoms. The van der Waals surface area contributed by atoms with E-state index in [0.717, 1.165) is 43.6 Å². The monoisotopic (exact) mass is 452 g/mol.